The summed E-state index contributed by atoms with van der Waals surface area (Å²) in [6.07, 6.45) is 1.55. The quantitative estimate of drug-likeness (QED) is 0.459. The molecular formula is C23H25N3O6S. The Hall–Kier alpha value is -3.79. The number of nitrogens with zero attached hydrogens (tertiary/aromatic N) is 1. The van der Waals surface area contributed by atoms with Crippen molar-refractivity contribution < 1.29 is 26.6 Å². The molecule has 0 aliphatic heterocycles. The molecule has 1 heterocycles. The lowest BCUT2D eigenvalue weighted by Gasteiger charge is -2.22. The van der Waals surface area contributed by atoms with Gasteiger partial charge < -0.3 is 24.1 Å². The molecule has 0 aliphatic carbocycles. The van der Waals surface area contributed by atoms with Crippen LogP contribution in [-0.2, 0) is 28.0 Å². The van der Waals surface area contributed by atoms with Gasteiger partial charge in [0.15, 0.2) is 0 Å². The molecule has 0 unspecified atom stereocenters. The maximum Gasteiger partial charge on any atom is 0.339 e. The van der Waals surface area contributed by atoms with Gasteiger partial charge in [0.1, 0.15) is 16.4 Å². The number of hydrogen-bond acceptors (Lipinski definition) is 6. The molecule has 0 saturated carbocycles. The van der Waals surface area contributed by atoms with Crippen molar-refractivity contribution in [3.05, 3.63) is 78.3 Å². The van der Waals surface area contributed by atoms with Crippen LogP contribution in [0.5, 0.6) is 5.75 Å². The fourth-order valence-electron chi connectivity index (χ4n) is 3.01. The van der Waals surface area contributed by atoms with Gasteiger partial charge in [-0.05, 0) is 61.0 Å². The molecule has 0 saturated heterocycles. The highest BCUT2D eigenvalue weighted by Gasteiger charge is 2.18. The average molecular weight is 472 g/mol. The first kappa shape index (κ1) is 23.9. The van der Waals surface area contributed by atoms with Crippen molar-refractivity contribution in [3.8, 4) is 5.75 Å². The van der Waals surface area contributed by atoms with E-state index < -0.39 is 10.1 Å². The monoisotopic (exact) mass is 471 g/mol. The maximum atomic E-state index is 12.6. The predicted octanol–water partition coefficient (Wildman–Crippen LogP) is 3.74. The van der Waals surface area contributed by atoms with Gasteiger partial charge in [0.25, 0.3) is 0 Å². The van der Waals surface area contributed by atoms with Crippen LogP contribution < -0.4 is 14.8 Å². The lowest BCUT2D eigenvalue weighted by Crippen LogP contribution is -2.38. The molecule has 0 atom stereocenters. The summed E-state index contributed by atoms with van der Waals surface area (Å²) < 4.78 is 35.7. The number of anilines is 1. The fraction of sp³-hybridized carbons (Fsp3) is 0.217. The van der Waals surface area contributed by atoms with E-state index in [1.165, 1.54) is 43.3 Å². The van der Waals surface area contributed by atoms with Gasteiger partial charge in [-0.1, -0.05) is 12.1 Å². The van der Waals surface area contributed by atoms with Gasteiger partial charge in [-0.15, -0.1) is 0 Å². The van der Waals surface area contributed by atoms with E-state index in [9.17, 15) is 18.0 Å². The zero-order valence-corrected chi connectivity index (χ0v) is 19.1. The van der Waals surface area contributed by atoms with Crippen LogP contribution in [0.25, 0.3) is 0 Å². The first-order valence-corrected chi connectivity index (χ1v) is 11.6. The molecule has 0 radical (unpaired) electrons. The number of carbonyl (C=O) groups is 2. The van der Waals surface area contributed by atoms with Crippen molar-refractivity contribution in [2.75, 3.05) is 11.9 Å². The largest absolute Gasteiger partial charge is 0.467 e. The minimum atomic E-state index is -4.05. The molecule has 0 spiro atoms. The number of urea groups is 1. The van der Waals surface area contributed by atoms with Gasteiger partial charge in [-0.3, -0.25) is 4.79 Å². The molecule has 3 aromatic rings. The lowest BCUT2D eigenvalue weighted by atomic mass is 10.2. The third-order valence-corrected chi connectivity index (χ3v) is 5.77. The van der Waals surface area contributed by atoms with E-state index in [-0.39, 0.29) is 22.6 Å². The van der Waals surface area contributed by atoms with Crippen LogP contribution in [0.1, 0.15) is 25.2 Å². The van der Waals surface area contributed by atoms with E-state index in [1.807, 2.05) is 6.92 Å². The number of benzene rings is 2. The molecular weight excluding hydrogens is 446 g/mol. The molecule has 33 heavy (non-hydrogen) atoms. The zero-order valence-electron chi connectivity index (χ0n) is 18.3. The molecule has 0 aliphatic rings. The van der Waals surface area contributed by atoms with Crippen LogP contribution in [0.15, 0.2) is 76.2 Å². The van der Waals surface area contributed by atoms with Gasteiger partial charge in [0.05, 0.1) is 12.8 Å². The average Bonchev–Trinajstić information content (AvgIpc) is 3.28. The van der Waals surface area contributed by atoms with Crippen molar-refractivity contribution in [2.45, 2.75) is 31.8 Å². The normalized spacial score (nSPS) is 11.0. The van der Waals surface area contributed by atoms with E-state index >= 15 is 0 Å². The van der Waals surface area contributed by atoms with Crippen LogP contribution in [0.3, 0.4) is 0 Å². The topological polar surface area (TPSA) is 118 Å². The second-order valence-electron chi connectivity index (χ2n) is 7.16. The smallest absolute Gasteiger partial charge is 0.339 e. The minimum absolute atomic E-state index is 0.0402. The van der Waals surface area contributed by atoms with Crippen molar-refractivity contribution in [1.29, 1.82) is 0 Å². The standard InChI is InChI=1S/C23H25N3O6S/c1-3-24-23(28)26(16-21-5-4-14-31-21)15-18-6-10-20(11-7-18)32-33(29,30)22-12-8-19(9-13-22)25-17(2)27/h4-14H,3,15-16H2,1-2H3,(H,24,28)(H,25,27). The summed E-state index contributed by atoms with van der Waals surface area (Å²) in [6.45, 7) is 4.28. The first-order valence-electron chi connectivity index (χ1n) is 10.2. The van der Waals surface area contributed by atoms with Gasteiger partial charge >= 0.3 is 16.1 Å². The summed E-state index contributed by atoms with van der Waals surface area (Å²) in [6, 6.07) is 15.4. The summed E-state index contributed by atoms with van der Waals surface area (Å²) in [4.78, 5) is 25.1. The highest BCUT2D eigenvalue weighted by atomic mass is 32.2. The van der Waals surface area contributed by atoms with Crippen molar-refractivity contribution in [3.63, 3.8) is 0 Å². The molecule has 174 valence electrons. The first-order chi connectivity index (χ1) is 15.8. The summed E-state index contributed by atoms with van der Waals surface area (Å²) in [5.41, 5.74) is 1.27. The Bertz CT molecular complexity index is 1170. The lowest BCUT2D eigenvalue weighted by molar-refractivity contribution is -0.114. The zero-order chi connectivity index (χ0) is 23.8. The molecule has 10 heteroatoms. The SMILES string of the molecule is CCNC(=O)N(Cc1ccc(OS(=O)(=O)c2ccc(NC(C)=O)cc2)cc1)Cc1ccco1. The number of amides is 3. The summed E-state index contributed by atoms with van der Waals surface area (Å²) in [5.74, 6) is 0.536. The van der Waals surface area contributed by atoms with Crippen LogP contribution in [0.2, 0.25) is 0 Å². The Balaban J connectivity index is 1.68. The van der Waals surface area contributed by atoms with Crippen LogP contribution in [-0.4, -0.2) is 31.8 Å². The number of furan rings is 1. The Kier molecular flexibility index (Phi) is 7.73. The molecule has 1 aromatic heterocycles. The second-order valence-corrected chi connectivity index (χ2v) is 8.70. The molecule has 9 nitrogen and oxygen atoms in total. The van der Waals surface area contributed by atoms with E-state index in [0.717, 1.165) is 5.56 Å². The third-order valence-electron chi connectivity index (χ3n) is 4.51. The summed E-state index contributed by atoms with van der Waals surface area (Å²) >= 11 is 0. The molecule has 2 N–H and O–H groups in total. The molecule has 2 aromatic carbocycles. The highest BCUT2D eigenvalue weighted by Crippen LogP contribution is 2.21. The Labute approximate surface area is 192 Å². The van der Waals surface area contributed by atoms with E-state index in [2.05, 4.69) is 10.6 Å². The van der Waals surface area contributed by atoms with E-state index in [4.69, 9.17) is 8.60 Å². The Morgan fingerprint density at radius 3 is 2.27 bits per heavy atom. The summed E-state index contributed by atoms with van der Waals surface area (Å²) in [5, 5.41) is 5.34. The van der Waals surface area contributed by atoms with Crippen LogP contribution >= 0.6 is 0 Å². The number of hydrogen-bond donors (Lipinski definition) is 2. The highest BCUT2D eigenvalue weighted by molar-refractivity contribution is 7.87. The molecule has 3 rings (SSSR count). The van der Waals surface area contributed by atoms with Gasteiger partial charge in [0.2, 0.25) is 5.91 Å². The van der Waals surface area contributed by atoms with Crippen molar-refractivity contribution in [1.82, 2.24) is 10.2 Å². The van der Waals surface area contributed by atoms with Crippen molar-refractivity contribution >= 4 is 27.7 Å². The molecule has 0 bridgehead atoms. The Morgan fingerprint density at radius 2 is 1.70 bits per heavy atom. The van der Waals surface area contributed by atoms with Crippen molar-refractivity contribution in [2.24, 2.45) is 0 Å². The number of nitrogens with one attached hydrogen (secondary N) is 2. The second kappa shape index (κ2) is 10.7. The fourth-order valence-corrected chi connectivity index (χ4v) is 3.94. The van der Waals surface area contributed by atoms with Gasteiger partial charge in [-0.25, -0.2) is 4.79 Å². The maximum absolute atomic E-state index is 12.6. The minimum Gasteiger partial charge on any atom is -0.467 e. The van der Waals surface area contributed by atoms with Gasteiger partial charge in [0, 0.05) is 25.7 Å². The Morgan fingerprint density at radius 1 is 1.00 bits per heavy atom. The van der Waals surface area contributed by atoms with Crippen LogP contribution in [0.4, 0.5) is 10.5 Å². The van der Waals surface area contributed by atoms with Gasteiger partial charge in [-0.2, -0.15) is 8.42 Å². The molecule has 0 fully saturated rings. The third kappa shape index (κ3) is 6.84. The van der Waals surface area contributed by atoms with Crippen LogP contribution in [0, 0.1) is 0 Å². The summed E-state index contributed by atoms with van der Waals surface area (Å²) in [7, 11) is -4.05. The van der Waals surface area contributed by atoms with E-state index in [1.54, 1.807) is 35.4 Å². The molecule has 3 amide bonds. The predicted molar refractivity (Wildman–Crippen MR) is 122 cm³/mol. The number of rotatable bonds is 9. The van der Waals surface area contributed by atoms with E-state index in [0.29, 0.717) is 31.1 Å². The number of carbonyl (C=O) groups excluding carboxylic acids is 2.